The second-order valence-electron chi connectivity index (χ2n) is 7.23. The topological polar surface area (TPSA) is 59.6 Å². The Kier molecular flexibility index (Phi) is 8.40. The summed E-state index contributed by atoms with van der Waals surface area (Å²) in [6, 6.07) is 24.5. The van der Waals surface area contributed by atoms with Crippen LogP contribution in [0.1, 0.15) is 22.8 Å². The fourth-order valence-corrected chi connectivity index (χ4v) is 3.13. The SMILES string of the molecule is C=C(C)COc1ccccc1NC(=S)NC(=O)c1ccccc1OCCc1ccccc1. The normalized spacial score (nSPS) is 10.2. The van der Waals surface area contributed by atoms with Crippen LogP contribution in [0.5, 0.6) is 11.5 Å². The molecule has 0 fully saturated rings. The number of carbonyl (C=O) groups is 1. The molecule has 0 saturated carbocycles. The van der Waals surface area contributed by atoms with E-state index in [4.69, 9.17) is 21.7 Å². The van der Waals surface area contributed by atoms with Gasteiger partial charge in [0.2, 0.25) is 0 Å². The number of hydrogen-bond acceptors (Lipinski definition) is 4. The van der Waals surface area contributed by atoms with Crippen LogP contribution >= 0.6 is 12.2 Å². The number of benzene rings is 3. The van der Waals surface area contributed by atoms with Crippen LogP contribution in [-0.4, -0.2) is 24.2 Å². The van der Waals surface area contributed by atoms with Gasteiger partial charge in [0, 0.05) is 6.42 Å². The molecule has 3 rings (SSSR count). The second kappa shape index (κ2) is 11.7. The van der Waals surface area contributed by atoms with Gasteiger partial charge < -0.3 is 14.8 Å². The van der Waals surface area contributed by atoms with Crippen molar-refractivity contribution in [3.63, 3.8) is 0 Å². The van der Waals surface area contributed by atoms with Crippen molar-refractivity contribution in [1.82, 2.24) is 5.32 Å². The number of anilines is 1. The van der Waals surface area contributed by atoms with Gasteiger partial charge in [0.15, 0.2) is 5.11 Å². The number of para-hydroxylation sites is 3. The lowest BCUT2D eigenvalue weighted by molar-refractivity contribution is 0.0974. The van der Waals surface area contributed by atoms with Crippen molar-refractivity contribution in [3.05, 3.63) is 102 Å². The maximum absolute atomic E-state index is 12.8. The zero-order chi connectivity index (χ0) is 22.8. The van der Waals surface area contributed by atoms with Crippen LogP contribution in [0.15, 0.2) is 91.0 Å². The Morgan fingerprint density at radius 3 is 2.31 bits per heavy atom. The maximum atomic E-state index is 12.8. The van der Waals surface area contributed by atoms with Gasteiger partial charge in [-0.2, -0.15) is 0 Å². The molecule has 0 aliphatic rings. The average Bonchev–Trinajstić information content (AvgIpc) is 2.79. The number of hydrogen-bond donors (Lipinski definition) is 2. The van der Waals surface area contributed by atoms with Crippen molar-refractivity contribution in [2.75, 3.05) is 18.5 Å². The van der Waals surface area contributed by atoms with Crippen LogP contribution in [-0.2, 0) is 6.42 Å². The van der Waals surface area contributed by atoms with Gasteiger partial charge in [0.1, 0.15) is 18.1 Å². The van der Waals surface area contributed by atoms with E-state index in [9.17, 15) is 4.79 Å². The van der Waals surface area contributed by atoms with Crippen molar-refractivity contribution >= 4 is 28.9 Å². The molecule has 0 atom stereocenters. The van der Waals surface area contributed by atoms with Gasteiger partial charge in [0.25, 0.3) is 5.91 Å². The first kappa shape index (κ1) is 23.0. The van der Waals surface area contributed by atoms with Crippen LogP contribution in [0.4, 0.5) is 5.69 Å². The molecule has 32 heavy (non-hydrogen) atoms. The van der Waals surface area contributed by atoms with Gasteiger partial charge >= 0.3 is 0 Å². The quantitative estimate of drug-likeness (QED) is 0.341. The summed E-state index contributed by atoms with van der Waals surface area (Å²) >= 11 is 5.35. The van der Waals surface area contributed by atoms with E-state index >= 15 is 0 Å². The van der Waals surface area contributed by atoms with E-state index in [0.717, 1.165) is 12.0 Å². The Hall–Kier alpha value is -3.64. The Morgan fingerprint density at radius 1 is 0.906 bits per heavy atom. The average molecular weight is 447 g/mol. The zero-order valence-electron chi connectivity index (χ0n) is 18.0. The lowest BCUT2D eigenvalue weighted by Gasteiger charge is -2.15. The minimum absolute atomic E-state index is 0.167. The molecule has 0 aliphatic carbocycles. The molecule has 0 aliphatic heterocycles. The van der Waals surface area contributed by atoms with Crippen LogP contribution in [0.3, 0.4) is 0 Å². The van der Waals surface area contributed by atoms with Crippen LogP contribution in [0.25, 0.3) is 0 Å². The molecule has 3 aromatic rings. The standard InChI is InChI=1S/C26H26N2O3S/c1-19(2)18-31-24-15-9-7-13-22(24)27-26(32)28-25(29)21-12-6-8-14-23(21)30-17-16-20-10-4-3-5-11-20/h3-15H,1,16-18H2,2H3,(H2,27,28,29,32). The molecule has 0 unspecified atom stereocenters. The highest BCUT2D eigenvalue weighted by molar-refractivity contribution is 7.80. The number of nitrogens with one attached hydrogen (secondary N) is 2. The fourth-order valence-electron chi connectivity index (χ4n) is 2.92. The van der Waals surface area contributed by atoms with Gasteiger partial charge in [-0.15, -0.1) is 0 Å². The molecule has 5 nitrogen and oxygen atoms in total. The largest absolute Gasteiger partial charge is 0.492 e. The monoisotopic (exact) mass is 446 g/mol. The predicted molar refractivity (Wildman–Crippen MR) is 133 cm³/mol. The molecule has 0 saturated heterocycles. The van der Waals surface area contributed by atoms with Gasteiger partial charge in [-0.3, -0.25) is 10.1 Å². The highest BCUT2D eigenvalue weighted by atomic mass is 32.1. The molecule has 164 valence electrons. The number of ether oxygens (including phenoxy) is 2. The molecule has 0 radical (unpaired) electrons. The third kappa shape index (κ3) is 6.96. The van der Waals surface area contributed by atoms with E-state index in [1.54, 1.807) is 18.2 Å². The Morgan fingerprint density at radius 2 is 1.56 bits per heavy atom. The molecule has 1 amide bonds. The molecular formula is C26H26N2O3S. The van der Waals surface area contributed by atoms with Crippen molar-refractivity contribution < 1.29 is 14.3 Å². The van der Waals surface area contributed by atoms with Crippen molar-refractivity contribution in [1.29, 1.82) is 0 Å². The van der Waals surface area contributed by atoms with Crippen molar-refractivity contribution in [3.8, 4) is 11.5 Å². The van der Waals surface area contributed by atoms with E-state index in [1.807, 2.05) is 67.6 Å². The maximum Gasteiger partial charge on any atom is 0.261 e. The number of amides is 1. The van der Waals surface area contributed by atoms with E-state index in [0.29, 0.717) is 36.0 Å². The smallest absolute Gasteiger partial charge is 0.261 e. The highest BCUT2D eigenvalue weighted by Crippen LogP contribution is 2.24. The molecule has 0 heterocycles. The summed E-state index contributed by atoms with van der Waals surface area (Å²) in [5.41, 5.74) is 3.15. The third-order valence-electron chi connectivity index (χ3n) is 4.46. The van der Waals surface area contributed by atoms with Gasteiger partial charge in [-0.25, -0.2) is 0 Å². The lowest BCUT2D eigenvalue weighted by Crippen LogP contribution is -2.34. The van der Waals surface area contributed by atoms with Crippen LogP contribution < -0.4 is 20.1 Å². The third-order valence-corrected chi connectivity index (χ3v) is 4.66. The zero-order valence-corrected chi connectivity index (χ0v) is 18.8. The predicted octanol–water partition coefficient (Wildman–Crippen LogP) is 5.39. The summed E-state index contributed by atoms with van der Waals surface area (Å²) in [4.78, 5) is 12.8. The van der Waals surface area contributed by atoms with Gasteiger partial charge in [-0.1, -0.05) is 61.2 Å². The summed E-state index contributed by atoms with van der Waals surface area (Å²) in [5, 5.41) is 5.90. The fraction of sp³-hybridized carbons (Fsp3) is 0.154. The van der Waals surface area contributed by atoms with Crippen LogP contribution in [0.2, 0.25) is 0 Å². The minimum atomic E-state index is -0.349. The van der Waals surface area contributed by atoms with Crippen LogP contribution in [0, 0.1) is 0 Å². The highest BCUT2D eigenvalue weighted by Gasteiger charge is 2.14. The summed E-state index contributed by atoms with van der Waals surface area (Å²) < 4.78 is 11.6. The van der Waals surface area contributed by atoms with Gasteiger partial charge in [-0.05, 0) is 54.5 Å². The summed E-state index contributed by atoms with van der Waals surface area (Å²) in [5.74, 6) is 0.781. The summed E-state index contributed by atoms with van der Waals surface area (Å²) in [6.07, 6.45) is 0.748. The van der Waals surface area contributed by atoms with Crippen molar-refractivity contribution in [2.24, 2.45) is 0 Å². The summed E-state index contributed by atoms with van der Waals surface area (Å²) in [7, 11) is 0. The first-order chi connectivity index (χ1) is 15.5. The Bertz CT molecular complexity index is 1080. The summed E-state index contributed by atoms with van der Waals surface area (Å²) in [6.45, 7) is 6.59. The Labute approximate surface area is 194 Å². The van der Waals surface area contributed by atoms with E-state index in [1.165, 1.54) is 5.56 Å². The number of carbonyl (C=O) groups excluding carboxylic acids is 1. The first-order valence-electron chi connectivity index (χ1n) is 10.3. The minimum Gasteiger partial charge on any atom is -0.492 e. The lowest BCUT2D eigenvalue weighted by atomic mass is 10.1. The Balaban J connectivity index is 1.60. The van der Waals surface area contributed by atoms with Gasteiger partial charge in [0.05, 0.1) is 17.9 Å². The molecule has 0 aromatic heterocycles. The number of rotatable bonds is 9. The molecular weight excluding hydrogens is 420 g/mol. The molecule has 0 bridgehead atoms. The van der Waals surface area contributed by atoms with E-state index in [2.05, 4.69) is 17.2 Å². The second-order valence-corrected chi connectivity index (χ2v) is 7.64. The molecule has 2 N–H and O–H groups in total. The first-order valence-corrected chi connectivity index (χ1v) is 10.7. The molecule has 6 heteroatoms. The van der Waals surface area contributed by atoms with E-state index < -0.39 is 0 Å². The van der Waals surface area contributed by atoms with E-state index in [-0.39, 0.29) is 11.0 Å². The molecule has 3 aromatic carbocycles. The molecule has 0 spiro atoms. The van der Waals surface area contributed by atoms with Crippen molar-refractivity contribution in [2.45, 2.75) is 13.3 Å². The number of thiocarbonyl (C=S) groups is 1.